The van der Waals surface area contributed by atoms with Crippen LogP contribution in [0.15, 0.2) is 61.1 Å². The molecule has 0 aliphatic rings. The van der Waals surface area contributed by atoms with Crippen molar-refractivity contribution in [2.24, 2.45) is 0 Å². The van der Waals surface area contributed by atoms with E-state index in [1.165, 1.54) is 12.5 Å². The summed E-state index contributed by atoms with van der Waals surface area (Å²) in [7, 11) is 0. The van der Waals surface area contributed by atoms with Gasteiger partial charge in [0.05, 0.1) is 11.6 Å². The number of amides is 1. The Labute approximate surface area is 233 Å². The maximum atomic E-state index is 11.8. The molecule has 224 valence electrons. The minimum absolute atomic E-state index is 0.0939. The average molecular weight is 599 g/mol. The molecule has 0 aliphatic carbocycles. The van der Waals surface area contributed by atoms with E-state index in [9.17, 15) is 31.1 Å². The number of imidazole rings is 1. The van der Waals surface area contributed by atoms with Crippen LogP contribution in [-0.4, -0.2) is 60.3 Å². The third-order valence-electron chi connectivity index (χ3n) is 5.08. The van der Waals surface area contributed by atoms with Crippen LogP contribution in [0.5, 0.6) is 0 Å². The Morgan fingerprint density at radius 1 is 0.929 bits per heavy atom. The third kappa shape index (κ3) is 10.5. The molecule has 0 spiro atoms. The molecule has 0 saturated carbocycles. The summed E-state index contributed by atoms with van der Waals surface area (Å²) in [5.41, 5.74) is 5.83. The van der Waals surface area contributed by atoms with Crippen molar-refractivity contribution < 1.29 is 50.9 Å². The summed E-state index contributed by atoms with van der Waals surface area (Å²) in [5, 5.41) is 17.3. The number of aromatic nitrogens is 4. The number of hydrogen-bond donors (Lipinski definition) is 4. The molecule has 10 nitrogen and oxygen atoms in total. The van der Waals surface area contributed by atoms with Gasteiger partial charge in [0.15, 0.2) is 5.65 Å². The Morgan fingerprint density at radius 3 is 2.00 bits per heavy atom. The molecule has 0 fully saturated rings. The SMILES string of the molecule is CC(=O)N[C@@H](Cc1cccc(C)c1)c1nc2ncc(-c3ccncc3)cc2[nH]1.O=C(O)C(F)(F)F.O=C(O)C(F)(F)F. The molecule has 42 heavy (non-hydrogen) atoms. The molecule has 3 heterocycles. The van der Waals surface area contributed by atoms with Crippen LogP contribution in [0.3, 0.4) is 0 Å². The monoisotopic (exact) mass is 599 g/mol. The highest BCUT2D eigenvalue weighted by Gasteiger charge is 2.38. The van der Waals surface area contributed by atoms with Crippen LogP contribution in [0.4, 0.5) is 26.3 Å². The second-order valence-electron chi connectivity index (χ2n) is 8.51. The number of H-pyrrole nitrogens is 1. The largest absolute Gasteiger partial charge is 0.490 e. The first-order valence-corrected chi connectivity index (χ1v) is 11.7. The molecular weight excluding hydrogens is 576 g/mol. The predicted molar refractivity (Wildman–Crippen MR) is 136 cm³/mol. The van der Waals surface area contributed by atoms with Crippen molar-refractivity contribution in [1.29, 1.82) is 0 Å². The first kappa shape index (κ1) is 33.2. The van der Waals surface area contributed by atoms with Gasteiger partial charge in [-0.15, -0.1) is 0 Å². The van der Waals surface area contributed by atoms with E-state index >= 15 is 0 Å². The first-order chi connectivity index (χ1) is 19.5. The number of carboxylic acid groups (broad SMARTS) is 2. The number of carbonyl (C=O) groups is 3. The van der Waals surface area contributed by atoms with Crippen molar-refractivity contribution in [1.82, 2.24) is 25.3 Å². The maximum absolute atomic E-state index is 11.8. The summed E-state index contributed by atoms with van der Waals surface area (Å²) >= 11 is 0. The number of aryl methyl sites for hydroxylation is 1. The smallest absolute Gasteiger partial charge is 0.475 e. The number of alkyl halides is 6. The molecule has 3 aromatic heterocycles. The fourth-order valence-corrected chi connectivity index (χ4v) is 3.32. The molecule has 0 bridgehead atoms. The maximum Gasteiger partial charge on any atom is 0.490 e. The number of nitrogens with one attached hydrogen (secondary N) is 2. The standard InChI is InChI=1S/C22H21N5O.2C2HF3O2/c1-14-4-3-5-16(10-14)11-19(25-15(2)28)22-26-20-12-18(13-24-21(20)27-22)17-6-8-23-9-7-17;2*3-2(4,5)1(6)7/h3-10,12-13,19H,11H2,1-2H3,(H,25,28)(H,24,26,27);2*(H,6,7)/t19-;;/m0../s1. The summed E-state index contributed by atoms with van der Waals surface area (Å²) in [6.07, 6.45) is -4.20. The van der Waals surface area contributed by atoms with Gasteiger partial charge in [0.1, 0.15) is 5.82 Å². The molecule has 4 aromatic rings. The first-order valence-electron chi connectivity index (χ1n) is 11.7. The van der Waals surface area contributed by atoms with E-state index in [2.05, 4.69) is 50.4 Å². The lowest BCUT2D eigenvalue weighted by atomic mass is 10.0. The Morgan fingerprint density at radius 2 is 1.50 bits per heavy atom. The molecule has 0 aliphatic heterocycles. The van der Waals surface area contributed by atoms with Crippen molar-refractivity contribution in [3.8, 4) is 11.1 Å². The normalized spacial score (nSPS) is 11.8. The summed E-state index contributed by atoms with van der Waals surface area (Å²) in [6, 6.07) is 13.9. The number of nitrogens with zero attached hydrogens (tertiary/aromatic N) is 3. The van der Waals surface area contributed by atoms with Crippen molar-refractivity contribution in [2.45, 2.75) is 38.7 Å². The van der Waals surface area contributed by atoms with Gasteiger partial charge in [0.25, 0.3) is 0 Å². The second kappa shape index (κ2) is 14.0. The number of halogens is 6. The predicted octanol–water partition coefficient (Wildman–Crippen LogP) is 5.01. The Kier molecular flexibility index (Phi) is 11.1. The third-order valence-corrected chi connectivity index (χ3v) is 5.08. The number of fused-ring (bicyclic) bond motifs is 1. The van der Waals surface area contributed by atoms with Crippen LogP contribution in [0.25, 0.3) is 22.3 Å². The molecule has 1 amide bonds. The number of aliphatic carboxylic acids is 2. The van der Waals surface area contributed by atoms with Crippen molar-refractivity contribution in [3.05, 3.63) is 78.0 Å². The molecule has 16 heteroatoms. The zero-order valence-electron chi connectivity index (χ0n) is 21.8. The lowest BCUT2D eigenvalue weighted by Gasteiger charge is -2.16. The summed E-state index contributed by atoms with van der Waals surface area (Å²) < 4.78 is 63.5. The van der Waals surface area contributed by atoms with E-state index in [-0.39, 0.29) is 11.9 Å². The van der Waals surface area contributed by atoms with E-state index < -0.39 is 24.3 Å². The number of aromatic amines is 1. The van der Waals surface area contributed by atoms with Crippen LogP contribution in [0.2, 0.25) is 0 Å². The number of carbonyl (C=O) groups excluding carboxylic acids is 1. The number of benzene rings is 1. The van der Waals surface area contributed by atoms with Crippen LogP contribution < -0.4 is 5.32 Å². The van der Waals surface area contributed by atoms with E-state index in [1.54, 1.807) is 18.6 Å². The van der Waals surface area contributed by atoms with Gasteiger partial charge in [-0.2, -0.15) is 26.3 Å². The highest BCUT2D eigenvalue weighted by molar-refractivity contribution is 5.78. The molecule has 4 rings (SSSR count). The highest BCUT2D eigenvalue weighted by Crippen LogP contribution is 2.24. The molecule has 1 atom stereocenters. The van der Waals surface area contributed by atoms with Gasteiger partial charge in [-0.3, -0.25) is 9.78 Å². The quantitative estimate of drug-likeness (QED) is 0.233. The summed E-state index contributed by atoms with van der Waals surface area (Å²) in [5.74, 6) is -4.91. The van der Waals surface area contributed by atoms with Gasteiger partial charge in [-0.25, -0.2) is 19.6 Å². The molecule has 0 unspecified atom stereocenters. The van der Waals surface area contributed by atoms with Gasteiger partial charge in [0, 0.05) is 31.1 Å². The molecule has 0 saturated heterocycles. The molecule has 4 N–H and O–H groups in total. The zero-order valence-corrected chi connectivity index (χ0v) is 21.8. The van der Waals surface area contributed by atoms with Gasteiger partial charge in [-0.1, -0.05) is 29.8 Å². The summed E-state index contributed by atoms with van der Waals surface area (Å²) in [4.78, 5) is 46.1. The van der Waals surface area contributed by atoms with Crippen LogP contribution in [0.1, 0.15) is 29.9 Å². The Hall–Kier alpha value is -5.02. The summed E-state index contributed by atoms with van der Waals surface area (Å²) in [6.45, 7) is 3.58. The second-order valence-corrected chi connectivity index (χ2v) is 8.51. The van der Waals surface area contributed by atoms with Crippen molar-refractivity contribution in [3.63, 3.8) is 0 Å². The molecule has 0 radical (unpaired) electrons. The lowest BCUT2D eigenvalue weighted by Crippen LogP contribution is -2.28. The topological polar surface area (TPSA) is 158 Å². The van der Waals surface area contributed by atoms with E-state index in [0.29, 0.717) is 17.9 Å². The van der Waals surface area contributed by atoms with Gasteiger partial charge in [0.2, 0.25) is 5.91 Å². The molecule has 1 aromatic carbocycles. The van der Waals surface area contributed by atoms with E-state index in [1.807, 2.05) is 24.3 Å². The number of hydrogen-bond acceptors (Lipinski definition) is 6. The average Bonchev–Trinajstić information content (AvgIpc) is 3.32. The van der Waals surface area contributed by atoms with Crippen LogP contribution in [0, 0.1) is 6.92 Å². The fraction of sp³-hybridized carbons (Fsp3) is 0.231. The Bertz CT molecular complexity index is 1500. The van der Waals surface area contributed by atoms with Crippen LogP contribution in [-0.2, 0) is 20.8 Å². The minimum Gasteiger partial charge on any atom is -0.475 e. The number of pyridine rings is 2. The molecular formula is C26H23F6N5O5. The van der Waals surface area contributed by atoms with Crippen molar-refractivity contribution >= 4 is 29.0 Å². The van der Waals surface area contributed by atoms with Crippen molar-refractivity contribution in [2.75, 3.05) is 0 Å². The van der Waals surface area contributed by atoms with Gasteiger partial charge >= 0.3 is 24.3 Å². The van der Waals surface area contributed by atoms with E-state index in [0.717, 1.165) is 22.2 Å². The number of rotatable bonds is 5. The minimum atomic E-state index is -5.08. The lowest BCUT2D eigenvalue weighted by molar-refractivity contribution is -0.193. The fourth-order valence-electron chi connectivity index (χ4n) is 3.32. The van der Waals surface area contributed by atoms with Crippen LogP contribution >= 0.6 is 0 Å². The van der Waals surface area contributed by atoms with E-state index in [4.69, 9.17) is 19.8 Å². The number of carboxylic acids is 2. The zero-order chi connectivity index (χ0) is 31.7. The highest BCUT2D eigenvalue weighted by atomic mass is 19.4. The Balaban J connectivity index is 0.000000367. The van der Waals surface area contributed by atoms with Gasteiger partial charge < -0.3 is 20.5 Å². The van der Waals surface area contributed by atoms with Gasteiger partial charge in [-0.05, 0) is 42.7 Å².